The number of anilines is 1. The molecule has 1 heterocycles. The summed E-state index contributed by atoms with van der Waals surface area (Å²) in [5.74, 6) is 6.87. The Kier molecular flexibility index (Phi) is 7.37. The highest BCUT2D eigenvalue weighted by atomic mass is 32.2. The van der Waals surface area contributed by atoms with Crippen LogP contribution < -0.4 is 21.2 Å². The van der Waals surface area contributed by atoms with E-state index < -0.39 is 17.2 Å². The third-order valence-electron chi connectivity index (χ3n) is 4.61. The van der Waals surface area contributed by atoms with Crippen LogP contribution in [0.2, 0.25) is 0 Å². The van der Waals surface area contributed by atoms with Crippen LogP contribution >= 0.6 is 11.8 Å². The Labute approximate surface area is 190 Å². The monoisotopic (exact) mass is 454 g/mol. The number of imide groups is 1. The molecule has 0 bridgehead atoms. The maximum atomic E-state index is 12.5. The van der Waals surface area contributed by atoms with E-state index in [2.05, 4.69) is 20.8 Å². The molecule has 10 heteroatoms. The second-order valence-electron chi connectivity index (χ2n) is 7.16. The van der Waals surface area contributed by atoms with Crippen molar-refractivity contribution >= 4 is 29.4 Å². The van der Waals surface area contributed by atoms with E-state index in [1.807, 2.05) is 57.2 Å². The zero-order valence-corrected chi connectivity index (χ0v) is 19.2. The average Bonchev–Trinajstić information content (AvgIpc) is 3.11. The van der Waals surface area contributed by atoms with Crippen molar-refractivity contribution in [1.82, 2.24) is 20.2 Å². The Bertz CT molecular complexity index is 1110. The van der Waals surface area contributed by atoms with E-state index in [-0.39, 0.29) is 0 Å². The molecule has 9 nitrogen and oxygen atoms in total. The molecule has 2 aromatic carbocycles. The van der Waals surface area contributed by atoms with Gasteiger partial charge in [-0.15, -0.1) is 10.2 Å². The first-order valence-corrected chi connectivity index (χ1v) is 11.0. The van der Waals surface area contributed by atoms with Crippen LogP contribution in [0, 0.1) is 13.8 Å². The Morgan fingerprint density at radius 3 is 2.53 bits per heavy atom. The standard InChI is InChI=1S/C22H26N6O3S/c1-5-31-17-9-7-16(8-10-17)19-26-27-22(28(19)23)32-15(4)20(29)25-21(30)24-18-11-6-13(2)12-14(18)3/h6-12,15H,5,23H2,1-4H3,(H2,24,25,29,30). The predicted molar refractivity (Wildman–Crippen MR) is 125 cm³/mol. The number of nitrogens with zero attached hydrogens (tertiary/aromatic N) is 3. The molecule has 0 aliphatic heterocycles. The van der Waals surface area contributed by atoms with Gasteiger partial charge in [0.2, 0.25) is 11.1 Å². The molecule has 168 valence electrons. The van der Waals surface area contributed by atoms with Crippen LogP contribution in [0.15, 0.2) is 47.6 Å². The first-order chi connectivity index (χ1) is 15.3. The molecule has 3 rings (SSSR count). The van der Waals surface area contributed by atoms with E-state index in [4.69, 9.17) is 10.6 Å². The van der Waals surface area contributed by atoms with Crippen LogP contribution in [-0.4, -0.2) is 38.7 Å². The molecule has 0 saturated heterocycles. The maximum Gasteiger partial charge on any atom is 0.325 e. The normalized spacial score (nSPS) is 11.6. The number of nitrogens with two attached hydrogens (primary N) is 1. The number of hydrogen-bond donors (Lipinski definition) is 3. The number of carbonyl (C=O) groups excluding carboxylic acids is 2. The smallest absolute Gasteiger partial charge is 0.325 e. The lowest BCUT2D eigenvalue weighted by molar-refractivity contribution is -0.119. The molecule has 0 saturated carbocycles. The van der Waals surface area contributed by atoms with Gasteiger partial charge in [-0.1, -0.05) is 29.5 Å². The summed E-state index contributed by atoms with van der Waals surface area (Å²) in [5, 5.41) is 13.0. The van der Waals surface area contributed by atoms with Gasteiger partial charge in [-0.2, -0.15) is 0 Å². The lowest BCUT2D eigenvalue weighted by Crippen LogP contribution is -2.39. The summed E-state index contributed by atoms with van der Waals surface area (Å²) in [6, 6.07) is 12.4. The number of amides is 3. The van der Waals surface area contributed by atoms with Crippen LogP contribution in [0.5, 0.6) is 5.75 Å². The summed E-state index contributed by atoms with van der Waals surface area (Å²) in [5.41, 5.74) is 3.40. The van der Waals surface area contributed by atoms with Crippen molar-refractivity contribution < 1.29 is 14.3 Å². The van der Waals surface area contributed by atoms with Gasteiger partial charge in [0.05, 0.1) is 11.9 Å². The van der Waals surface area contributed by atoms with Crippen LogP contribution in [0.1, 0.15) is 25.0 Å². The zero-order chi connectivity index (χ0) is 23.3. The number of aromatic nitrogens is 3. The lowest BCUT2D eigenvalue weighted by Gasteiger charge is -2.13. The molecule has 3 amide bonds. The Hall–Kier alpha value is -3.53. The van der Waals surface area contributed by atoms with E-state index in [9.17, 15) is 9.59 Å². The molecule has 0 radical (unpaired) electrons. The minimum atomic E-state index is -0.625. The van der Waals surface area contributed by atoms with Gasteiger partial charge in [0.1, 0.15) is 5.75 Å². The third-order valence-corrected chi connectivity index (χ3v) is 5.66. The highest BCUT2D eigenvalue weighted by molar-refractivity contribution is 8.00. The zero-order valence-electron chi connectivity index (χ0n) is 18.4. The summed E-state index contributed by atoms with van der Waals surface area (Å²) in [6.45, 7) is 8.01. The van der Waals surface area contributed by atoms with Crippen molar-refractivity contribution in [2.24, 2.45) is 0 Å². The van der Waals surface area contributed by atoms with Crippen molar-refractivity contribution in [2.75, 3.05) is 17.8 Å². The number of nitrogen functional groups attached to an aromatic ring is 1. The van der Waals surface area contributed by atoms with E-state index in [1.54, 1.807) is 13.0 Å². The van der Waals surface area contributed by atoms with Gasteiger partial charge in [0.15, 0.2) is 5.82 Å². The Balaban J connectivity index is 1.61. The van der Waals surface area contributed by atoms with Crippen LogP contribution in [-0.2, 0) is 4.79 Å². The van der Waals surface area contributed by atoms with E-state index >= 15 is 0 Å². The fourth-order valence-corrected chi connectivity index (χ4v) is 3.72. The predicted octanol–water partition coefficient (Wildman–Crippen LogP) is 3.50. The minimum absolute atomic E-state index is 0.353. The number of urea groups is 1. The SMILES string of the molecule is CCOc1ccc(-c2nnc(SC(C)C(=O)NC(=O)Nc3ccc(C)cc3C)n2N)cc1. The highest BCUT2D eigenvalue weighted by Crippen LogP contribution is 2.26. The number of thioether (sulfide) groups is 1. The van der Waals surface area contributed by atoms with Crippen LogP contribution in [0.4, 0.5) is 10.5 Å². The molecular formula is C22H26N6O3S. The molecule has 0 fully saturated rings. The van der Waals surface area contributed by atoms with E-state index in [1.165, 1.54) is 4.68 Å². The fraction of sp³-hybridized carbons (Fsp3) is 0.273. The second kappa shape index (κ2) is 10.2. The average molecular weight is 455 g/mol. The second-order valence-corrected chi connectivity index (χ2v) is 8.46. The highest BCUT2D eigenvalue weighted by Gasteiger charge is 2.21. The van der Waals surface area contributed by atoms with Crippen molar-refractivity contribution in [1.29, 1.82) is 0 Å². The van der Waals surface area contributed by atoms with Crippen molar-refractivity contribution in [3.05, 3.63) is 53.6 Å². The number of hydrogen-bond acceptors (Lipinski definition) is 7. The molecule has 3 aromatic rings. The summed E-state index contributed by atoms with van der Waals surface area (Å²) in [4.78, 5) is 24.7. The number of nitrogens with one attached hydrogen (secondary N) is 2. The van der Waals surface area contributed by atoms with E-state index in [0.717, 1.165) is 34.2 Å². The molecule has 1 atom stereocenters. The van der Waals surface area contributed by atoms with Crippen LogP contribution in [0.25, 0.3) is 11.4 Å². The van der Waals surface area contributed by atoms with E-state index in [0.29, 0.717) is 23.3 Å². The summed E-state index contributed by atoms with van der Waals surface area (Å²) in [6.07, 6.45) is 0. The topological polar surface area (TPSA) is 124 Å². The first-order valence-electron chi connectivity index (χ1n) is 10.1. The molecule has 0 aliphatic rings. The number of carbonyl (C=O) groups is 2. The van der Waals surface area contributed by atoms with Gasteiger partial charge in [0, 0.05) is 11.3 Å². The number of aryl methyl sites for hydroxylation is 2. The number of rotatable bonds is 7. The molecule has 0 spiro atoms. The largest absolute Gasteiger partial charge is 0.494 e. The number of ether oxygens (including phenoxy) is 1. The van der Waals surface area contributed by atoms with Gasteiger partial charge in [-0.05, 0) is 63.6 Å². The quantitative estimate of drug-likeness (QED) is 0.369. The molecule has 0 aliphatic carbocycles. The van der Waals surface area contributed by atoms with Crippen molar-refractivity contribution in [3.8, 4) is 17.1 Å². The fourth-order valence-electron chi connectivity index (χ4n) is 2.95. The van der Waals surface area contributed by atoms with Gasteiger partial charge < -0.3 is 15.9 Å². The lowest BCUT2D eigenvalue weighted by atomic mass is 10.1. The summed E-state index contributed by atoms with van der Waals surface area (Å²) >= 11 is 1.11. The summed E-state index contributed by atoms with van der Waals surface area (Å²) in [7, 11) is 0. The van der Waals surface area contributed by atoms with Crippen molar-refractivity contribution in [2.45, 2.75) is 38.1 Å². The van der Waals surface area contributed by atoms with Crippen LogP contribution in [0.3, 0.4) is 0 Å². The molecule has 1 unspecified atom stereocenters. The van der Waals surface area contributed by atoms with Gasteiger partial charge in [-0.3, -0.25) is 10.1 Å². The van der Waals surface area contributed by atoms with Gasteiger partial charge >= 0.3 is 6.03 Å². The Morgan fingerprint density at radius 1 is 1.16 bits per heavy atom. The van der Waals surface area contributed by atoms with Gasteiger partial charge in [0.25, 0.3) is 0 Å². The summed E-state index contributed by atoms with van der Waals surface area (Å²) < 4.78 is 6.76. The van der Waals surface area contributed by atoms with Gasteiger partial charge in [-0.25, -0.2) is 9.47 Å². The van der Waals surface area contributed by atoms with Crippen molar-refractivity contribution in [3.63, 3.8) is 0 Å². The Morgan fingerprint density at radius 2 is 1.88 bits per heavy atom. The molecule has 4 N–H and O–H groups in total. The molecule has 32 heavy (non-hydrogen) atoms. The third kappa shape index (κ3) is 5.58. The first kappa shape index (κ1) is 23.1. The maximum absolute atomic E-state index is 12.5. The molecular weight excluding hydrogens is 428 g/mol. The number of benzene rings is 2. The minimum Gasteiger partial charge on any atom is -0.494 e. The molecule has 1 aromatic heterocycles.